The summed E-state index contributed by atoms with van der Waals surface area (Å²) in [5, 5.41) is 3.19. The van der Waals surface area contributed by atoms with Crippen molar-refractivity contribution in [3.8, 4) is 0 Å². The first-order chi connectivity index (χ1) is 19.1. The number of nitrogens with zero attached hydrogens (tertiary/aromatic N) is 1. The molecular formula is C33H27FN2O2S. The Kier molecular flexibility index (Phi) is 7.03. The van der Waals surface area contributed by atoms with Crippen molar-refractivity contribution in [1.29, 1.82) is 0 Å². The van der Waals surface area contributed by atoms with Crippen molar-refractivity contribution in [2.45, 2.75) is 36.7 Å². The molecule has 1 aliphatic carbocycles. The van der Waals surface area contributed by atoms with Gasteiger partial charge in [-0.25, -0.2) is 4.39 Å². The summed E-state index contributed by atoms with van der Waals surface area (Å²) in [6.07, 6.45) is 4.86. The fourth-order valence-electron chi connectivity index (χ4n) is 5.24. The molecule has 4 aromatic rings. The molecule has 6 rings (SSSR count). The van der Waals surface area contributed by atoms with Gasteiger partial charge in [0.25, 0.3) is 11.8 Å². The highest BCUT2D eigenvalue weighted by Gasteiger charge is 2.29. The molecule has 1 heterocycles. The molecule has 0 saturated carbocycles. The van der Waals surface area contributed by atoms with Crippen LogP contribution in [0.3, 0.4) is 0 Å². The molecule has 0 radical (unpaired) electrons. The topological polar surface area (TPSA) is 49.4 Å². The number of amides is 2. The zero-order valence-corrected chi connectivity index (χ0v) is 22.1. The maximum absolute atomic E-state index is 14.4. The van der Waals surface area contributed by atoms with Gasteiger partial charge in [-0.05, 0) is 72.4 Å². The lowest BCUT2D eigenvalue weighted by atomic mass is 9.87. The van der Waals surface area contributed by atoms with Crippen LogP contribution in [0.5, 0.6) is 0 Å². The predicted octanol–water partition coefficient (Wildman–Crippen LogP) is 7.31. The first kappa shape index (κ1) is 25.1. The molecule has 2 aliphatic rings. The molecule has 0 unspecified atom stereocenters. The van der Waals surface area contributed by atoms with Gasteiger partial charge in [0, 0.05) is 16.0 Å². The second-order valence-corrected chi connectivity index (χ2v) is 10.9. The lowest BCUT2D eigenvalue weighted by Crippen LogP contribution is -2.34. The number of thioether (sulfide) groups is 1. The molecule has 0 saturated heterocycles. The fourth-order valence-corrected chi connectivity index (χ4v) is 6.30. The van der Waals surface area contributed by atoms with Crippen molar-refractivity contribution in [2.24, 2.45) is 0 Å². The molecule has 2 amide bonds. The molecule has 1 atom stereocenters. The van der Waals surface area contributed by atoms with Crippen LogP contribution in [-0.4, -0.2) is 11.8 Å². The molecule has 0 aromatic heterocycles. The SMILES string of the molecule is O=C(N[C@H]1CCCc2ccccc21)c1ccc(/C=C2\Sc3ccccc3N(Cc3ccccc3F)C2=O)cc1. The summed E-state index contributed by atoms with van der Waals surface area (Å²) in [5.41, 5.74) is 5.12. The summed E-state index contributed by atoms with van der Waals surface area (Å²) in [5.74, 6) is -0.624. The van der Waals surface area contributed by atoms with Crippen LogP contribution in [0, 0.1) is 5.82 Å². The summed E-state index contributed by atoms with van der Waals surface area (Å²) < 4.78 is 14.4. The van der Waals surface area contributed by atoms with Crippen molar-refractivity contribution in [3.63, 3.8) is 0 Å². The molecule has 6 heteroatoms. The Morgan fingerprint density at radius 2 is 1.69 bits per heavy atom. The van der Waals surface area contributed by atoms with Crippen molar-refractivity contribution in [2.75, 3.05) is 4.90 Å². The lowest BCUT2D eigenvalue weighted by Gasteiger charge is -2.30. The summed E-state index contributed by atoms with van der Waals surface area (Å²) in [7, 11) is 0. The second kappa shape index (κ2) is 10.9. The van der Waals surface area contributed by atoms with Gasteiger partial charge in [0.05, 0.1) is 23.2 Å². The van der Waals surface area contributed by atoms with Crippen LogP contribution >= 0.6 is 11.8 Å². The highest BCUT2D eigenvalue weighted by atomic mass is 32.2. The first-order valence-corrected chi connectivity index (χ1v) is 13.9. The van der Waals surface area contributed by atoms with Crippen LogP contribution in [0.2, 0.25) is 0 Å². The molecular weight excluding hydrogens is 507 g/mol. The first-order valence-electron chi connectivity index (χ1n) is 13.1. The molecule has 1 aliphatic heterocycles. The number of benzene rings is 4. The molecule has 4 aromatic carbocycles. The number of carbonyl (C=O) groups excluding carboxylic acids is 2. The maximum atomic E-state index is 14.4. The molecule has 39 heavy (non-hydrogen) atoms. The Balaban J connectivity index is 1.22. The number of hydrogen-bond donors (Lipinski definition) is 1. The third-order valence-electron chi connectivity index (χ3n) is 7.26. The summed E-state index contributed by atoms with van der Waals surface area (Å²) in [6, 6.07) is 29.8. The van der Waals surface area contributed by atoms with E-state index in [-0.39, 0.29) is 30.2 Å². The van der Waals surface area contributed by atoms with Gasteiger partial charge < -0.3 is 10.2 Å². The highest BCUT2D eigenvalue weighted by molar-refractivity contribution is 8.04. The van der Waals surface area contributed by atoms with Gasteiger partial charge in [0.15, 0.2) is 0 Å². The van der Waals surface area contributed by atoms with Crippen molar-refractivity contribution in [3.05, 3.63) is 136 Å². The van der Waals surface area contributed by atoms with E-state index >= 15 is 0 Å². The standard InChI is InChI=1S/C33H27FN2O2S/c34-27-12-4-2-9-25(27)21-36-29-14-5-6-15-30(29)39-31(33(36)38)20-22-16-18-24(19-17-22)32(37)35-28-13-7-10-23-8-1-3-11-26(23)28/h1-6,8-9,11-12,14-20,28H,7,10,13,21H2,(H,35,37)/b31-20-/t28-/m0/s1. The minimum atomic E-state index is -0.336. The highest BCUT2D eigenvalue weighted by Crippen LogP contribution is 2.42. The lowest BCUT2D eigenvalue weighted by molar-refractivity contribution is -0.114. The number of carbonyl (C=O) groups is 2. The maximum Gasteiger partial charge on any atom is 0.265 e. The van der Waals surface area contributed by atoms with Crippen molar-refractivity contribution in [1.82, 2.24) is 5.32 Å². The van der Waals surface area contributed by atoms with E-state index in [1.165, 1.54) is 29.0 Å². The minimum Gasteiger partial charge on any atom is -0.345 e. The number of nitrogens with one attached hydrogen (secondary N) is 1. The largest absolute Gasteiger partial charge is 0.345 e. The molecule has 4 nitrogen and oxygen atoms in total. The van der Waals surface area contributed by atoms with Crippen LogP contribution in [0.25, 0.3) is 6.08 Å². The number of aryl methyl sites for hydroxylation is 1. The average molecular weight is 535 g/mol. The van der Waals surface area contributed by atoms with Gasteiger partial charge in [-0.3, -0.25) is 9.59 Å². The van der Waals surface area contributed by atoms with E-state index in [9.17, 15) is 14.0 Å². The Labute approximate surface area is 231 Å². The van der Waals surface area contributed by atoms with Gasteiger partial charge in [-0.15, -0.1) is 0 Å². The summed E-state index contributed by atoms with van der Waals surface area (Å²) in [6.45, 7) is 0.143. The molecule has 194 valence electrons. The Morgan fingerprint density at radius 3 is 2.54 bits per heavy atom. The smallest absolute Gasteiger partial charge is 0.265 e. The molecule has 0 fully saturated rings. The van der Waals surface area contributed by atoms with E-state index in [0.29, 0.717) is 16.0 Å². The third-order valence-corrected chi connectivity index (χ3v) is 8.34. The van der Waals surface area contributed by atoms with Crippen LogP contribution in [-0.2, 0) is 17.8 Å². The summed E-state index contributed by atoms with van der Waals surface area (Å²) >= 11 is 1.40. The van der Waals surface area contributed by atoms with E-state index < -0.39 is 0 Å². The molecule has 0 spiro atoms. The minimum absolute atomic E-state index is 0.0148. The average Bonchev–Trinajstić information content (AvgIpc) is 2.97. The summed E-state index contributed by atoms with van der Waals surface area (Å²) in [4.78, 5) is 29.7. The zero-order valence-electron chi connectivity index (χ0n) is 21.3. The number of para-hydroxylation sites is 1. The molecule has 1 N–H and O–H groups in total. The number of hydrogen-bond acceptors (Lipinski definition) is 3. The number of halogens is 1. The second-order valence-electron chi connectivity index (χ2n) is 9.80. The van der Waals surface area contributed by atoms with Gasteiger partial charge in [-0.1, -0.05) is 78.5 Å². The molecule has 0 bridgehead atoms. The normalized spacial score (nSPS) is 17.5. The van der Waals surface area contributed by atoms with E-state index in [0.717, 1.165) is 35.4 Å². The monoisotopic (exact) mass is 534 g/mol. The van der Waals surface area contributed by atoms with Crippen LogP contribution in [0.1, 0.15) is 51.5 Å². The van der Waals surface area contributed by atoms with Gasteiger partial charge >= 0.3 is 0 Å². The van der Waals surface area contributed by atoms with E-state index in [1.807, 2.05) is 54.6 Å². The number of fused-ring (bicyclic) bond motifs is 2. The van der Waals surface area contributed by atoms with E-state index in [4.69, 9.17) is 0 Å². The fraction of sp³-hybridized carbons (Fsp3) is 0.152. The van der Waals surface area contributed by atoms with Crippen LogP contribution in [0.15, 0.2) is 107 Å². The van der Waals surface area contributed by atoms with E-state index in [1.54, 1.807) is 35.2 Å². The van der Waals surface area contributed by atoms with Crippen molar-refractivity contribution >= 4 is 35.3 Å². The Bertz CT molecular complexity index is 1580. The van der Waals surface area contributed by atoms with Crippen molar-refractivity contribution < 1.29 is 14.0 Å². The van der Waals surface area contributed by atoms with Gasteiger partial charge in [-0.2, -0.15) is 0 Å². The number of anilines is 1. The predicted molar refractivity (Wildman–Crippen MR) is 154 cm³/mol. The Morgan fingerprint density at radius 1 is 0.949 bits per heavy atom. The van der Waals surface area contributed by atoms with Gasteiger partial charge in [0.1, 0.15) is 5.82 Å². The van der Waals surface area contributed by atoms with Crippen LogP contribution < -0.4 is 10.2 Å². The Hall–Kier alpha value is -4.16. The number of rotatable bonds is 5. The van der Waals surface area contributed by atoms with Gasteiger partial charge in [0.2, 0.25) is 0 Å². The van der Waals surface area contributed by atoms with E-state index in [2.05, 4.69) is 17.4 Å². The zero-order chi connectivity index (χ0) is 26.8. The van der Waals surface area contributed by atoms with Crippen LogP contribution in [0.4, 0.5) is 10.1 Å². The third kappa shape index (κ3) is 5.25. The quantitative estimate of drug-likeness (QED) is 0.273.